The first kappa shape index (κ1) is 14.4. The maximum atomic E-state index is 13.8. The summed E-state index contributed by atoms with van der Waals surface area (Å²) in [5.74, 6) is 0.756. The van der Waals surface area contributed by atoms with Crippen LogP contribution in [0.3, 0.4) is 0 Å². The molecule has 2 N–H and O–H groups in total. The molecule has 0 aliphatic heterocycles. The minimum atomic E-state index is -0.363. The van der Waals surface area contributed by atoms with Crippen LogP contribution in [0.25, 0.3) is 11.4 Å². The van der Waals surface area contributed by atoms with Gasteiger partial charge in [-0.1, -0.05) is 26.7 Å². The number of aromatic nitrogens is 4. The second kappa shape index (κ2) is 6.45. The topological polar surface area (TPSA) is 69.6 Å². The molecule has 1 aromatic heterocycles. The lowest BCUT2D eigenvalue weighted by molar-refractivity contribution is 0.487. The van der Waals surface area contributed by atoms with Crippen LogP contribution >= 0.6 is 0 Å². The van der Waals surface area contributed by atoms with E-state index in [0.717, 1.165) is 12.8 Å². The Morgan fingerprint density at radius 1 is 1.30 bits per heavy atom. The molecule has 2 aromatic rings. The zero-order valence-corrected chi connectivity index (χ0v) is 11.9. The summed E-state index contributed by atoms with van der Waals surface area (Å²) in [5.41, 5.74) is 6.54. The van der Waals surface area contributed by atoms with E-state index in [1.54, 1.807) is 10.7 Å². The van der Waals surface area contributed by atoms with E-state index in [0.29, 0.717) is 29.5 Å². The van der Waals surface area contributed by atoms with E-state index in [-0.39, 0.29) is 5.82 Å². The molecule has 0 spiro atoms. The van der Waals surface area contributed by atoms with Gasteiger partial charge in [0.1, 0.15) is 5.82 Å². The molecule has 6 heteroatoms. The summed E-state index contributed by atoms with van der Waals surface area (Å²) in [6.07, 6.45) is 3.25. The summed E-state index contributed by atoms with van der Waals surface area (Å²) in [6, 6.07) is 4.42. The van der Waals surface area contributed by atoms with E-state index in [1.807, 2.05) is 0 Å². The van der Waals surface area contributed by atoms with Crippen LogP contribution in [0, 0.1) is 11.7 Å². The fraction of sp³-hybridized carbons (Fsp3) is 0.500. The van der Waals surface area contributed by atoms with Gasteiger partial charge in [-0.15, -0.1) is 5.10 Å². The highest BCUT2D eigenvalue weighted by Gasteiger charge is 2.13. The van der Waals surface area contributed by atoms with E-state index in [4.69, 9.17) is 5.73 Å². The molecule has 0 saturated heterocycles. The average molecular weight is 277 g/mol. The van der Waals surface area contributed by atoms with E-state index < -0.39 is 0 Å². The molecule has 2 rings (SSSR count). The maximum Gasteiger partial charge on any atom is 0.185 e. The molecule has 1 aromatic carbocycles. The average Bonchev–Trinajstić information content (AvgIpc) is 2.85. The van der Waals surface area contributed by atoms with Crippen LogP contribution in [0.5, 0.6) is 0 Å². The summed E-state index contributed by atoms with van der Waals surface area (Å²) >= 11 is 0. The smallest absolute Gasteiger partial charge is 0.185 e. The van der Waals surface area contributed by atoms with Gasteiger partial charge in [-0.3, -0.25) is 0 Å². The van der Waals surface area contributed by atoms with Crippen LogP contribution in [-0.4, -0.2) is 20.2 Å². The summed E-state index contributed by atoms with van der Waals surface area (Å²) < 4.78 is 15.5. The highest BCUT2D eigenvalue weighted by molar-refractivity contribution is 5.61. The largest absolute Gasteiger partial charge is 0.399 e. The number of nitrogens with two attached hydrogens (primary N) is 1. The van der Waals surface area contributed by atoms with Crippen LogP contribution in [0.4, 0.5) is 10.1 Å². The number of benzene rings is 1. The monoisotopic (exact) mass is 277 g/mol. The number of hydrogen-bond acceptors (Lipinski definition) is 4. The second-order valence-electron chi connectivity index (χ2n) is 5.35. The van der Waals surface area contributed by atoms with Gasteiger partial charge in [-0.25, -0.2) is 9.07 Å². The van der Waals surface area contributed by atoms with E-state index in [9.17, 15) is 4.39 Å². The quantitative estimate of drug-likeness (QED) is 0.651. The molecule has 0 unspecified atom stereocenters. The van der Waals surface area contributed by atoms with Gasteiger partial charge in [0.15, 0.2) is 5.82 Å². The van der Waals surface area contributed by atoms with Gasteiger partial charge in [-0.2, -0.15) is 0 Å². The summed E-state index contributed by atoms with van der Waals surface area (Å²) in [7, 11) is 0. The highest BCUT2D eigenvalue weighted by Crippen LogP contribution is 2.22. The Labute approximate surface area is 118 Å². The molecular weight excluding hydrogens is 257 g/mol. The third kappa shape index (κ3) is 3.53. The second-order valence-corrected chi connectivity index (χ2v) is 5.35. The molecule has 0 bridgehead atoms. The van der Waals surface area contributed by atoms with Gasteiger partial charge in [0.25, 0.3) is 0 Å². The van der Waals surface area contributed by atoms with Crippen molar-refractivity contribution in [1.82, 2.24) is 20.2 Å². The lowest BCUT2D eigenvalue weighted by Gasteiger charge is -2.07. The molecule has 0 aliphatic rings. The Balaban J connectivity index is 2.10. The third-order valence-electron chi connectivity index (χ3n) is 3.16. The number of nitrogens with zero attached hydrogens (tertiary/aromatic N) is 4. The molecule has 0 amide bonds. The van der Waals surface area contributed by atoms with Gasteiger partial charge in [0.05, 0.1) is 5.56 Å². The third-order valence-corrected chi connectivity index (χ3v) is 3.16. The fourth-order valence-electron chi connectivity index (χ4n) is 2.08. The van der Waals surface area contributed by atoms with E-state index >= 15 is 0 Å². The van der Waals surface area contributed by atoms with Crippen molar-refractivity contribution in [2.45, 2.75) is 39.7 Å². The number of halogens is 1. The summed E-state index contributed by atoms with van der Waals surface area (Å²) in [5, 5.41) is 11.5. The first-order valence-corrected chi connectivity index (χ1v) is 6.89. The Kier molecular flexibility index (Phi) is 4.65. The number of hydrogen-bond donors (Lipinski definition) is 1. The molecule has 1 heterocycles. The van der Waals surface area contributed by atoms with Crippen LogP contribution in [0.15, 0.2) is 18.2 Å². The maximum absolute atomic E-state index is 13.8. The van der Waals surface area contributed by atoms with Gasteiger partial charge < -0.3 is 5.73 Å². The van der Waals surface area contributed by atoms with Crippen LogP contribution < -0.4 is 5.73 Å². The first-order chi connectivity index (χ1) is 9.58. The fourth-order valence-corrected chi connectivity index (χ4v) is 2.08. The molecule has 0 atom stereocenters. The molecule has 20 heavy (non-hydrogen) atoms. The van der Waals surface area contributed by atoms with Crippen molar-refractivity contribution in [2.75, 3.05) is 5.73 Å². The zero-order valence-electron chi connectivity index (χ0n) is 11.9. The summed E-state index contributed by atoms with van der Waals surface area (Å²) in [6.45, 7) is 5.08. The number of rotatable bonds is 6. The Hall–Kier alpha value is -1.98. The standard InChI is InChI=1S/C14H20FN5/c1-10(2)5-3-4-8-20-14(17-18-19-20)12-9-11(16)6-7-13(12)15/h6-7,9-10H,3-5,8,16H2,1-2H3. The van der Waals surface area contributed by atoms with Crippen LogP contribution in [0.2, 0.25) is 0 Å². The van der Waals surface area contributed by atoms with Gasteiger partial charge in [0.2, 0.25) is 0 Å². The van der Waals surface area contributed by atoms with E-state index in [1.165, 1.54) is 18.6 Å². The number of tetrazole rings is 1. The number of unbranched alkanes of at least 4 members (excludes halogenated alkanes) is 1. The van der Waals surface area contributed by atoms with E-state index in [2.05, 4.69) is 29.4 Å². The van der Waals surface area contributed by atoms with Gasteiger partial charge in [-0.05, 0) is 41.0 Å². The molecule has 0 saturated carbocycles. The van der Waals surface area contributed by atoms with Crippen molar-refractivity contribution < 1.29 is 4.39 Å². The number of nitrogen functional groups attached to an aromatic ring is 1. The van der Waals surface area contributed by atoms with Crippen LogP contribution in [0.1, 0.15) is 33.1 Å². The highest BCUT2D eigenvalue weighted by atomic mass is 19.1. The molecular formula is C14H20FN5. The Morgan fingerprint density at radius 2 is 2.10 bits per heavy atom. The van der Waals surface area contributed by atoms with Crippen molar-refractivity contribution in [2.24, 2.45) is 5.92 Å². The number of aryl methyl sites for hydroxylation is 1. The normalized spacial score (nSPS) is 11.2. The van der Waals surface area contributed by atoms with Crippen molar-refractivity contribution in [3.8, 4) is 11.4 Å². The SMILES string of the molecule is CC(C)CCCCn1nnnc1-c1cc(N)ccc1F. The molecule has 0 fully saturated rings. The van der Waals surface area contributed by atoms with Crippen molar-refractivity contribution in [3.05, 3.63) is 24.0 Å². The number of anilines is 1. The molecule has 0 radical (unpaired) electrons. The van der Waals surface area contributed by atoms with Crippen molar-refractivity contribution in [1.29, 1.82) is 0 Å². The minimum Gasteiger partial charge on any atom is -0.399 e. The predicted molar refractivity (Wildman–Crippen MR) is 76.3 cm³/mol. The molecule has 108 valence electrons. The Morgan fingerprint density at radius 3 is 2.85 bits per heavy atom. The lowest BCUT2D eigenvalue weighted by atomic mass is 10.1. The van der Waals surface area contributed by atoms with Gasteiger partial charge in [0, 0.05) is 12.2 Å². The molecule has 5 nitrogen and oxygen atoms in total. The molecule has 0 aliphatic carbocycles. The summed E-state index contributed by atoms with van der Waals surface area (Å²) in [4.78, 5) is 0. The zero-order chi connectivity index (χ0) is 14.5. The Bertz CT molecular complexity index is 564. The first-order valence-electron chi connectivity index (χ1n) is 6.89. The van der Waals surface area contributed by atoms with Gasteiger partial charge >= 0.3 is 0 Å². The van der Waals surface area contributed by atoms with Crippen molar-refractivity contribution >= 4 is 5.69 Å². The van der Waals surface area contributed by atoms with Crippen LogP contribution in [-0.2, 0) is 6.54 Å². The minimum absolute atomic E-state index is 0.346. The lowest BCUT2D eigenvalue weighted by Crippen LogP contribution is -2.05. The predicted octanol–water partition coefficient (Wildman–Crippen LogP) is 2.89. The van der Waals surface area contributed by atoms with Crippen molar-refractivity contribution in [3.63, 3.8) is 0 Å².